The number of aromatic nitrogens is 2. The van der Waals surface area contributed by atoms with Gasteiger partial charge >= 0.3 is 5.97 Å². The van der Waals surface area contributed by atoms with Crippen molar-refractivity contribution in [3.8, 4) is 11.6 Å². The minimum Gasteiger partial charge on any atom is -0.476 e. The molecule has 2 aromatic rings. The van der Waals surface area contributed by atoms with Gasteiger partial charge in [0.15, 0.2) is 5.69 Å². The lowest BCUT2D eigenvalue weighted by atomic mass is 10.1. The lowest BCUT2D eigenvalue weighted by Crippen LogP contribution is -2.01. The van der Waals surface area contributed by atoms with Crippen LogP contribution in [0.25, 0.3) is 0 Å². The standard InChI is InChI=1S/C13H12N2O3/c1-8-4-3-5-11(9(8)2)18-12-7-14-10(6-15-12)13(16)17/h3-7H,1-2H3,(H,16,17). The number of rotatable bonds is 3. The molecule has 1 heterocycles. The van der Waals surface area contributed by atoms with Crippen molar-refractivity contribution in [3.05, 3.63) is 47.4 Å². The molecular weight excluding hydrogens is 232 g/mol. The minimum atomic E-state index is -1.11. The van der Waals surface area contributed by atoms with Crippen LogP contribution in [0, 0.1) is 13.8 Å². The molecule has 0 fully saturated rings. The first kappa shape index (κ1) is 12.0. The van der Waals surface area contributed by atoms with E-state index in [2.05, 4.69) is 9.97 Å². The molecule has 0 atom stereocenters. The summed E-state index contributed by atoms with van der Waals surface area (Å²) in [5.41, 5.74) is 2.02. The monoisotopic (exact) mass is 244 g/mol. The quantitative estimate of drug-likeness (QED) is 0.898. The highest BCUT2D eigenvalue weighted by Gasteiger charge is 2.07. The second kappa shape index (κ2) is 4.83. The number of carboxylic acid groups (broad SMARTS) is 1. The van der Waals surface area contributed by atoms with Crippen LogP contribution in [-0.4, -0.2) is 21.0 Å². The van der Waals surface area contributed by atoms with E-state index in [1.807, 2.05) is 32.0 Å². The topological polar surface area (TPSA) is 72.3 Å². The molecule has 5 nitrogen and oxygen atoms in total. The predicted molar refractivity (Wildman–Crippen MR) is 65.0 cm³/mol. The molecule has 92 valence electrons. The Labute approximate surface area is 104 Å². The zero-order chi connectivity index (χ0) is 13.1. The van der Waals surface area contributed by atoms with Gasteiger partial charge in [0.1, 0.15) is 5.75 Å². The molecule has 0 radical (unpaired) electrons. The lowest BCUT2D eigenvalue weighted by Gasteiger charge is -2.09. The van der Waals surface area contributed by atoms with Crippen LogP contribution in [0.2, 0.25) is 0 Å². The first-order valence-electron chi connectivity index (χ1n) is 5.37. The molecule has 1 N–H and O–H groups in total. The van der Waals surface area contributed by atoms with Gasteiger partial charge in [0.25, 0.3) is 0 Å². The van der Waals surface area contributed by atoms with Gasteiger partial charge in [-0.3, -0.25) is 0 Å². The van der Waals surface area contributed by atoms with Crippen molar-refractivity contribution in [2.45, 2.75) is 13.8 Å². The van der Waals surface area contributed by atoms with Crippen LogP contribution in [0.15, 0.2) is 30.6 Å². The highest BCUT2D eigenvalue weighted by atomic mass is 16.5. The molecule has 18 heavy (non-hydrogen) atoms. The molecule has 0 amide bonds. The average molecular weight is 244 g/mol. The third kappa shape index (κ3) is 2.45. The molecular formula is C13H12N2O3. The van der Waals surface area contributed by atoms with Gasteiger partial charge in [-0.05, 0) is 31.0 Å². The van der Waals surface area contributed by atoms with Gasteiger partial charge in [0.05, 0.1) is 12.4 Å². The van der Waals surface area contributed by atoms with Crippen molar-refractivity contribution in [2.75, 3.05) is 0 Å². The fourth-order valence-electron chi connectivity index (χ4n) is 1.43. The summed E-state index contributed by atoms with van der Waals surface area (Å²) in [5, 5.41) is 8.70. The highest BCUT2D eigenvalue weighted by molar-refractivity contribution is 5.84. The Bertz CT molecular complexity index is 579. The van der Waals surface area contributed by atoms with E-state index < -0.39 is 5.97 Å². The number of aryl methyl sites for hydroxylation is 1. The molecule has 1 aromatic carbocycles. The molecule has 2 rings (SSSR count). The number of carboxylic acids is 1. The zero-order valence-electron chi connectivity index (χ0n) is 10.0. The van der Waals surface area contributed by atoms with Crippen molar-refractivity contribution < 1.29 is 14.6 Å². The maximum absolute atomic E-state index is 10.6. The molecule has 1 aromatic heterocycles. The summed E-state index contributed by atoms with van der Waals surface area (Å²) in [6.45, 7) is 3.94. The van der Waals surface area contributed by atoms with Crippen molar-refractivity contribution in [3.63, 3.8) is 0 Å². The van der Waals surface area contributed by atoms with E-state index in [0.717, 1.165) is 11.1 Å². The van der Waals surface area contributed by atoms with Gasteiger partial charge in [-0.2, -0.15) is 0 Å². The number of carbonyl (C=O) groups is 1. The Morgan fingerprint density at radius 1 is 1.22 bits per heavy atom. The van der Waals surface area contributed by atoms with Crippen LogP contribution in [0.3, 0.4) is 0 Å². The fraction of sp³-hybridized carbons (Fsp3) is 0.154. The summed E-state index contributed by atoms with van der Waals surface area (Å²) in [6.07, 6.45) is 2.47. The lowest BCUT2D eigenvalue weighted by molar-refractivity contribution is 0.0690. The number of hydrogen-bond donors (Lipinski definition) is 1. The minimum absolute atomic E-state index is 0.108. The first-order valence-corrected chi connectivity index (χ1v) is 5.37. The third-order valence-electron chi connectivity index (χ3n) is 2.62. The van der Waals surface area contributed by atoms with Crippen LogP contribution >= 0.6 is 0 Å². The van der Waals surface area contributed by atoms with Crippen LogP contribution in [0.5, 0.6) is 11.6 Å². The Morgan fingerprint density at radius 3 is 2.61 bits per heavy atom. The number of ether oxygens (including phenoxy) is 1. The van der Waals surface area contributed by atoms with Gasteiger partial charge in [0.2, 0.25) is 5.88 Å². The van der Waals surface area contributed by atoms with Crippen LogP contribution in [0.4, 0.5) is 0 Å². The molecule has 5 heteroatoms. The van der Waals surface area contributed by atoms with E-state index in [-0.39, 0.29) is 11.6 Å². The maximum Gasteiger partial charge on any atom is 0.356 e. The van der Waals surface area contributed by atoms with Crippen molar-refractivity contribution >= 4 is 5.97 Å². The van der Waals surface area contributed by atoms with E-state index in [9.17, 15) is 4.79 Å². The summed E-state index contributed by atoms with van der Waals surface area (Å²) >= 11 is 0. The fourth-order valence-corrected chi connectivity index (χ4v) is 1.43. The van der Waals surface area contributed by atoms with Crippen molar-refractivity contribution in [1.29, 1.82) is 0 Å². The van der Waals surface area contributed by atoms with Crippen LogP contribution in [0.1, 0.15) is 21.6 Å². The second-order valence-electron chi connectivity index (χ2n) is 3.85. The van der Waals surface area contributed by atoms with E-state index in [1.165, 1.54) is 12.4 Å². The first-order chi connectivity index (χ1) is 8.58. The summed E-state index contributed by atoms with van der Waals surface area (Å²) in [6, 6.07) is 5.70. The Hall–Kier alpha value is -2.43. The smallest absolute Gasteiger partial charge is 0.356 e. The summed E-state index contributed by atoms with van der Waals surface area (Å²) in [7, 11) is 0. The van der Waals surface area contributed by atoms with Gasteiger partial charge in [-0.1, -0.05) is 12.1 Å². The van der Waals surface area contributed by atoms with E-state index in [0.29, 0.717) is 5.75 Å². The maximum atomic E-state index is 10.6. The molecule has 0 unspecified atom stereocenters. The molecule has 0 aliphatic carbocycles. The van der Waals surface area contributed by atoms with Gasteiger partial charge < -0.3 is 9.84 Å². The SMILES string of the molecule is Cc1cccc(Oc2cnc(C(=O)O)cn2)c1C. The molecule has 0 spiro atoms. The largest absolute Gasteiger partial charge is 0.476 e. The number of benzene rings is 1. The Morgan fingerprint density at radius 2 is 2.00 bits per heavy atom. The summed E-state index contributed by atoms with van der Waals surface area (Å²) < 4.78 is 5.56. The molecule has 0 bridgehead atoms. The summed E-state index contributed by atoms with van der Waals surface area (Å²) in [5.74, 6) is -0.151. The molecule has 0 saturated heterocycles. The number of hydrogen-bond acceptors (Lipinski definition) is 4. The summed E-state index contributed by atoms with van der Waals surface area (Å²) in [4.78, 5) is 18.3. The zero-order valence-corrected chi connectivity index (χ0v) is 10.0. The van der Waals surface area contributed by atoms with Crippen LogP contribution in [-0.2, 0) is 0 Å². The highest BCUT2D eigenvalue weighted by Crippen LogP contribution is 2.24. The Balaban J connectivity index is 2.24. The van der Waals surface area contributed by atoms with E-state index in [4.69, 9.17) is 9.84 Å². The number of nitrogens with zero attached hydrogens (tertiary/aromatic N) is 2. The van der Waals surface area contributed by atoms with E-state index >= 15 is 0 Å². The molecule has 0 aliphatic heterocycles. The van der Waals surface area contributed by atoms with Gasteiger partial charge in [-0.15, -0.1) is 0 Å². The average Bonchev–Trinajstić information content (AvgIpc) is 2.36. The van der Waals surface area contributed by atoms with Gasteiger partial charge in [-0.25, -0.2) is 14.8 Å². The van der Waals surface area contributed by atoms with Crippen molar-refractivity contribution in [2.24, 2.45) is 0 Å². The number of aromatic carboxylic acids is 1. The second-order valence-corrected chi connectivity index (χ2v) is 3.85. The Kier molecular flexibility index (Phi) is 3.23. The normalized spacial score (nSPS) is 10.1. The van der Waals surface area contributed by atoms with Crippen molar-refractivity contribution in [1.82, 2.24) is 9.97 Å². The molecule has 0 aliphatic rings. The third-order valence-corrected chi connectivity index (χ3v) is 2.62. The molecule has 0 saturated carbocycles. The van der Waals surface area contributed by atoms with Gasteiger partial charge in [0, 0.05) is 0 Å². The van der Waals surface area contributed by atoms with Crippen LogP contribution < -0.4 is 4.74 Å². The predicted octanol–water partition coefficient (Wildman–Crippen LogP) is 2.58. The van der Waals surface area contributed by atoms with E-state index in [1.54, 1.807) is 0 Å².